The Morgan fingerprint density at radius 3 is 2.59 bits per heavy atom. The predicted molar refractivity (Wildman–Crippen MR) is 58.3 cm³/mol. The van der Waals surface area contributed by atoms with Gasteiger partial charge in [-0.1, -0.05) is 15.9 Å². The number of halogens is 5. The van der Waals surface area contributed by atoms with Gasteiger partial charge in [-0.2, -0.15) is 14.0 Å². The molecule has 1 aromatic carbocycles. The summed E-state index contributed by atoms with van der Waals surface area (Å²) < 4.78 is 49.7. The van der Waals surface area contributed by atoms with E-state index in [0.29, 0.717) is 4.47 Å². The lowest BCUT2D eigenvalue weighted by Gasteiger charge is -2.17. The van der Waals surface area contributed by atoms with Crippen molar-refractivity contribution in [1.82, 2.24) is 0 Å². The van der Waals surface area contributed by atoms with Gasteiger partial charge in [-0.3, -0.25) is 0 Å². The van der Waals surface area contributed by atoms with Gasteiger partial charge in [-0.05, 0) is 18.2 Å². The molecule has 92 valence electrons. The number of hydrogen-bond donors (Lipinski definition) is 1. The average molecular weight is 311 g/mol. The van der Waals surface area contributed by atoms with Crippen molar-refractivity contribution in [3.8, 4) is 6.07 Å². The summed E-state index contributed by atoms with van der Waals surface area (Å²) in [4.78, 5) is 0. The van der Waals surface area contributed by atoms with E-state index in [1.165, 1.54) is 12.1 Å². The minimum absolute atomic E-state index is 0.0854. The summed E-state index contributed by atoms with van der Waals surface area (Å²) in [6, 6.07) is 6.09. The molecule has 2 nitrogen and oxygen atoms in total. The molecule has 0 atom stereocenters. The Kier molecular flexibility index (Phi) is 4.34. The highest BCUT2D eigenvalue weighted by atomic mass is 79.9. The van der Waals surface area contributed by atoms with E-state index in [9.17, 15) is 17.6 Å². The number of nitrogens with zero attached hydrogens (tertiary/aromatic N) is 1. The average Bonchev–Trinajstić information content (AvgIpc) is 2.26. The van der Waals surface area contributed by atoms with Crippen LogP contribution in [-0.4, -0.2) is 18.9 Å². The van der Waals surface area contributed by atoms with Crippen LogP contribution < -0.4 is 5.32 Å². The first-order chi connectivity index (χ1) is 7.86. The number of nitriles is 1. The van der Waals surface area contributed by atoms with Crippen molar-refractivity contribution < 1.29 is 17.6 Å². The third-order valence-electron chi connectivity index (χ3n) is 1.94. The van der Waals surface area contributed by atoms with Crippen molar-refractivity contribution in [2.45, 2.75) is 12.3 Å². The van der Waals surface area contributed by atoms with Gasteiger partial charge in [0.1, 0.15) is 6.07 Å². The zero-order chi connectivity index (χ0) is 13.1. The van der Waals surface area contributed by atoms with E-state index < -0.39 is 18.9 Å². The molecule has 7 heteroatoms. The molecular formula is C10H7BrF4N2. The number of rotatable bonds is 4. The van der Waals surface area contributed by atoms with Crippen molar-refractivity contribution in [3.63, 3.8) is 0 Å². The van der Waals surface area contributed by atoms with Crippen LogP contribution in [0, 0.1) is 11.3 Å². The number of anilines is 1. The first-order valence-corrected chi connectivity index (χ1v) is 5.25. The van der Waals surface area contributed by atoms with Crippen LogP contribution in [0.2, 0.25) is 0 Å². The van der Waals surface area contributed by atoms with Crippen LogP contribution in [-0.2, 0) is 0 Å². The first-order valence-electron chi connectivity index (χ1n) is 4.46. The molecule has 0 amide bonds. The standard InChI is InChI=1S/C10H7BrF4N2/c11-7-2-1-6(4-16)8(3-7)17-5-10(14,15)9(12)13/h1-3,9,17H,5H2. The molecule has 0 aliphatic rings. The highest BCUT2D eigenvalue weighted by Crippen LogP contribution is 2.26. The Morgan fingerprint density at radius 1 is 1.41 bits per heavy atom. The summed E-state index contributed by atoms with van der Waals surface area (Å²) in [5, 5.41) is 10.9. The Bertz CT molecular complexity index is 442. The molecule has 0 aliphatic carbocycles. The molecule has 0 aromatic heterocycles. The molecule has 0 saturated heterocycles. The van der Waals surface area contributed by atoms with E-state index in [0.717, 1.165) is 0 Å². The summed E-state index contributed by atoms with van der Waals surface area (Å²) in [6.07, 6.45) is -3.74. The van der Waals surface area contributed by atoms with Crippen molar-refractivity contribution in [2.75, 3.05) is 11.9 Å². The second-order valence-electron chi connectivity index (χ2n) is 3.22. The van der Waals surface area contributed by atoms with Gasteiger partial charge < -0.3 is 5.32 Å². The van der Waals surface area contributed by atoms with E-state index >= 15 is 0 Å². The number of hydrogen-bond acceptors (Lipinski definition) is 2. The van der Waals surface area contributed by atoms with E-state index in [4.69, 9.17) is 5.26 Å². The van der Waals surface area contributed by atoms with Crippen molar-refractivity contribution in [2.24, 2.45) is 0 Å². The van der Waals surface area contributed by atoms with E-state index in [1.54, 1.807) is 12.1 Å². The Hall–Kier alpha value is -1.29. The van der Waals surface area contributed by atoms with Gasteiger partial charge in [-0.25, -0.2) is 8.78 Å². The van der Waals surface area contributed by atoms with Crippen molar-refractivity contribution in [1.29, 1.82) is 5.26 Å². The van der Waals surface area contributed by atoms with Crippen LogP contribution in [0.15, 0.2) is 22.7 Å². The SMILES string of the molecule is N#Cc1ccc(Br)cc1NCC(F)(F)C(F)F. The second kappa shape index (κ2) is 5.36. The normalized spacial score (nSPS) is 11.4. The number of nitrogens with one attached hydrogen (secondary N) is 1. The fraction of sp³-hybridized carbons (Fsp3) is 0.300. The van der Waals surface area contributed by atoms with Crippen LogP contribution in [0.5, 0.6) is 0 Å². The highest BCUT2D eigenvalue weighted by Gasteiger charge is 2.40. The zero-order valence-electron chi connectivity index (χ0n) is 8.35. The molecule has 0 spiro atoms. The molecule has 0 fully saturated rings. The summed E-state index contributed by atoms with van der Waals surface area (Å²) in [7, 11) is 0. The fourth-order valence-electron chi connectivity index (χ4n) is 1.05. The van der Waals surface area contributed by atoms with Crippen LogP contribution in [0.1, 0.15) is 5.56 Å². The molecule has 0 radical (unpaired) electrons. The van der Waals surface area contributed by atoms with Gasteiger partial charge in [0.25, 0.3) is 0 Å². The minimum Gasteiger partial charge on any atom is -0.378 e. The van der Waals surface area contributed by atoms with Crippen molar-refractivity contribution >= 4 is 21.6 Å². The van der Waals surface area contributed by atoms with Gasteiger partial charge in [0, 0.05) is 4.47 Å². The lowest BCUT2D eigenvalue weighted by molar-refractivity contribution is -0.117. The van der Waals surface area contributed by atoms with Gasteiger partial charge in [0.15, 0.2) is 0 Å². The zero-order valence-corrected chi connectivity index (χ0v) is 9.94. The third-order valence-corrected chi connectivity index (χ3v) is 2.43. The summed E-state index contributed by atoms with van der Waals surface area (Å²) in [6.45, 7) is -1.23. The summed E-state index contributed by atoms with van der Waals surface area (Å²) in [5.41, 5.74) is 0.195. The molecule has 1 aromatic rings. The van der Waals surface area contributed by atoms with E-state index in [-0.39, 0.29) is 11.3 Å². The van der Waals surface area contributed by atoms with Crippen LogP contribution in [0.4, 0.5) is 23.2 Å². The lowest BCUT2D eigenvalue weighted by atomic mass is 10.2. The Labute approximate surface area is 103 Å². The smallest absolute Gasteiger partial charge is 0.324 e. The molecule has 0 saturated carbocycles. The monoisotopic (exact) mass is 310 g/mol. The molecule has 1 rings (SSSR count). The number of benzene rings is 1. The fourth-order valence-corrected chi connectivity index (χ4v) is 1.41. The maximum atomic E-state index is 12.7. The van der Waals surface area contributed by atoms with Crippen LogP contribution >= 0.6 is 15.9 Å². The van der Waals surface area contributed by atoms with Crippen LogP contribution in [0.25, 0.3) is 0 Å². The van der Waals surface area contributed by atoms with Gasteiger partial charge in [-0.15, -0.1) is 0 Å². The molecule has 17 heavy (non-hydrogen) atoms. The Morgan fingerprint density at radius 2 is 2.06 bits per heavy atom. The maximum Gasteiger partial charge on any atom is 0.324 e. The first kappa shape index (κ1) is 13.8. The topological polar surface area (TPSA) is 35.8 Å². The summed E-state index contributed by atoms with van der Waals surface area (Å²) >= 11 is 3.09. The van der Waals surface area contributed by atoms with Crippen molar-refractivity contribution in [3.05, 3.63) is 28.2 Å². The molecule has 0 heterocycles. The van der Waals surface area contributed by atoms with Crippen LogP contribution in [0.3, 0.4) is 0 Å². The molecule has 0 bridgehead atoms. The van der Waals surface area contributed by atoms with E-state index in [1.807, 2.05) is 0 Å². The highest BCUT2D eigenvalue weighted by molar-refractivity contribution is 9.10. The number of alkyl halides is 4. The molecular weight excluding hydrogens is 304 g/mol. The van der Waals surface area contributed by atoms with Gasteiger partial charge in [0.05, 0.1) is 17.8 Å². The molecule has 1 N–H and O–H groups in total. The predicted octanol–water partition coefficient (Wildman–Crippen LogP) is 3.63. The largest absolute Gasteiger partial charge is 0.378 e. The molecule has 0 aliphatic heterocycles. The van der Waals surface area contributed by atoms with Gasteiger partial charge >= 0.3 is 12.3 Å². The second-order valence-corrected chi connectivity index (χ2v) is 4.13. The Balaban J connectivity index is 2.83. The minimum atomic E-state index is -4.13. The van der Waals surface area contributed by atoms with Gasteiger partial charge in [0.2, 0.25) is 0 Å². The quantitative estimate of drug-likeness (QED) is 0.862. The van der Waals surface area contributed by atoms with E-state index in [2.05, 4.69) is 21.2 Å². The summed E-state index contributed by atoms with van der Waals surface area (Å²) in [5.74, 6) is -4.13. The lowest BCUT2D eigenvalue weighted by Crippen LogP contribution is -2.34. The maximum absolute atomic E-state index is 12.7. The third kappa shape index (κ3) is 3.60. The molecule has 0 unspecified atom stereocenters.